The van der Waals surface area contributed by atoms with Gasteiger partial charge in [0.25, 0.3) is 5.91 Å². The maximum Gasteiger partial charge on any atom is 0.266 e. The fourth-order valence-corrected chi connectivity index (χ4v) is 3.07. The predicted octanol–water partition coefficient (Wildman–Crippen LogP) is 3.46. The molecule has 2 heterocycles. The lowest BCUT2D eigenvalue weighted by Gasteiger charge is -2.10. The third-order valence-corrected chi connectivity index (χ3v) is 4.69. The van der Waals surface area contributed by atoms with Gasteiger partial charge < -0.3 is 20.1 Å². The summed E-state index contributed by atoms with van der Waals surface area (Å²) in [5.41, 5.74) is 1.12. The van der Waals surface area contributed by atoms with Crippen molar-refractivity contribution < 1.29 is 14.3 Å². The minimum atomic E-state index is -0.187. The first-order valence-corrected chi connectivity index (χ1v) is 9.21. The van der Waals surface area contributed by atoms with Crippen LogP contribution >= 0.6 is 11.3 Å². The van der Waals surface area contributed by atoms with Crippen molar-refractivity contribution in [2.75, 3.05) is 31.4 Å². The van der Waals surface area contributed by atoms with Gasteiger partial charge in [-0.3, -0.25) is 4.79 Å². The third-order valence-electron chi connectivity index (χ3n) is 3.82. The van der Waals surface area contributed by atoms with Crippen LogP contribution in [0, 0.1) is 0 Å². The zero-order valence-electron chi connectivity index (χ0n) is 15.1. The van der Waals surface area contributed by atoms with E-state index >= 15 is 0 Å². The Balaban J connectivity index is 1.51. The van der Waals surface area contributed by atoms with E-state index in [1.807, 2.05) is 29.6 Å². The molecule has 2 aromatic heterocycles. The summed E-state index contributed by atoms with van der Waals surface area (Å²) in [6.45, 7) is 0.686. The second kappa shape index (κ2) is 9.00. The second-order valence-electron chi connectivity index (χ2n) is 5.60. The topological polar surface area (TPSA) is 85.4 Å². The van der Waals surface area contributed by atoms with Gasteiger partial charge in [0.15, 0.2) is 17.3 Å². The molecule has 0 unspecified atom stereocenters. The fraction of sp³-hybridized carbons (Fsp3) is 0.211. The minimum Gasteiger partial charge on any atom is -0.493 e. The Kier molecular flexibility index (Phi) is 6.22. The van der Waals surface area contributed by atoms with Gasteiger partial charge in [-0.25, -0.2) is 0 Å². The molecule has 8 heteroatoms. The normalized spacial score (nSPS) is 10.3. The zero-order valence-corrected chi connectivity index (χ0v) is 15.9. The van der Waals surface area contributed by atoms with Crippen LogP contribution in [0.4, 0.5) is 11.6 Å². The number of nitrogens with one attached hydrogen (secondary N) is 2. The summed E-state index contributed by atoms with van der Waals surface area (Å²) in [6.07, 6.45) is 0.791. The average Bonchev–Trinajstić information content (AvgIpc) is 3.24. The van der Waals surface area contributed by atoms with E-state index in [9.17, 15) is 4.79 Å². The molecule has 140 valence electrons. The highest BCUT2D eigenvalue weighted by Gasteiger charge is 2.08. The van der Waals surface area contributed by atoms with E-state index in [4.69, 9.17) is 9.47 Å². The number of benzene rings is 1. The summed E-state index contributed by atoms with van der Waals surface area (Å²) in [6, 6.07) is 12.9. The maximum absolute atomic E-state index is 12.0. The summed E-state index contributed by atoms with van der Waals surface area (Å²) in [5, 5.41) is 15.9. The van der Waals surface area contributed by atoms with Crippen molar-refractivity contribution in [2.45, 2.75) is 6.42 Å². The number of rotatable bonds is 8. The van der Waals surface area contributed by atoms with E-state index < -0.39 is 0 Å². The maximum atomic E-state index is 12.0. The minimum absolute atomic E-state index is 0.187. The molecule has 0 saturated heterocycles. The fourth-order valence-electron chi connectivity index (χ4n) is 2.45. The first kappa shape index (κ1) is 18.7. The molecule has 7 nitrogen and oxygen atoms in total. The van der Waals surface area contributed by atoms with E-state index in [0.717, 1.165) is 12.0 Å². The van der Waals surface area contributed by atoms with Gasteiger partial charge in [-0.05, 0) is 47.7 Å². The van der Waals surface area contributed by atoms with Crippen LogP contribution in [0.5, 0.6) is 11.5 Å². The molecule has 0 aliphatic rings. The van der Waals surface area contributed by atoms with Crippen molar-refractivity contribution >= 4 is 28.9 Å². The molecule has 27 heavy (non-hydrogen) atoms. The van der Waals surface area contributed by atoms with Crippen LogP contribution in [0.3, 0.4) is 0 Å². The average molecular weight is 384 g/mol. The monoisotopic (exact) mass is 384 g/mol. The van der Waals surface area contributed by atoms with Crippen LogP contribution < -0.4 is 20.1 Å². The number of carbonyl (C=O) groups excluding carboxylic acids is 1. The zero-order chi connectivity index (χ0) is 19.1. The van der Waals surface area contributed by atoms with Gasteiger partial charge in [0.05, 0.1) is 19.1 Å². The summed E-state index contributed by atoms with van der Waals surface area (Å²) < 4.78 is 10.6. The molecular formula is C19H20N4O3S. The first-order valence-electron chi connectivity index (χ1n) is 8.33. The molecule has 0 radical (unpaired) electrons. The Morgan fingerprint density at radius 1 is 1.04 bits per heavy atom. The van der Waals surface area contributed by atoms with Crippen molar-refractivity contribution in [1.82, 2.24) is 10.2 Å². The van der Waals surface area contributed by atoms with Crippen LogP contribution in [-0.2, 0) is 6.42 Å². The van der Waals surface area contributed by atoms with Gasteiger partial charge in [0.2, 0.25) is 0 Å². The SMILES string of the molecule is COc1ccc(CCNc2ccc(NC(=O)c3cccs3)nn2)cc1OC. The van der Waals surface area contributed by atoms with Gasteiger partial charge in [0.1, 0.15) is 5.82 Å². The van der Waals surface area contributed by atoms with Crippen LogP contribution in [0.15, 0.2) is 47.8 Å². The van der Waals surface area contributed by atoms with E-state index in [1.165, 1.54) is 11.3 Å². The van der Waals surface area contributed by atoms with E-state index in [1.54, 1.807) is 32.4 Å². The molecule has 1 amide bonds. The number of aromatic nitrogens is 2. The summed E-state index contributed by atoms with van der Waals surface area (Å²) in [5.74, 6) is 2.29. The molecule has 1 aromatic carbocycles. The number of anilines is 2. The highest BCUT2D eigenvalue weighted by Crippen LogP contribution is 2.27. The van der Waals surface area contributed by atoms with Crippen molar-refractivity contribution in [2.24, 2.45) is 0 Å². The summed E-state index contributed by atoms with van der Waals surface area (Å²) >= 11 is 1.38. The smallest absolute Gasteiger partial charge is 0.266 e. The van der Waals surface area contributed by atoms with Crippen molar-refractivity contribution in [1.29, 1.82) is 0 Å². The molecule has 2 N–H and O–H groups in total. The molecule has 0 atom stereocenters. The van der Waals surface area contributed by atoms with Gasteiger partial charge in [-0.1, -0.05) is 12.1 Å². The molecule has 3 aromatic rings. The summed E-state index contributed by atoms with van der Waals surface area (Å²) in [4.78, 5) is 12.6. The molecule has 0 aliphatic carbocycles. The van der Waals surface area contributed by atoms with Crippen LogP contribution in [0.1, 0.15) is 15.2 Å². The number of hydrogen-bond donors (Lipinski definition) is 2. The predicted molar refractivity (Wildman–Crippen MR) is 106 cm³/mol. The quantitative estimate of drug-likeness (QED) is 0.619. The Morgan fingerprint density at radius 2 is 1.81 bits per heavy atom. The standard InChI is InChI=1S/C19H20N4O3S/c1-25-14-6-5-13(12-15(14)26-2)9-10-20-17-7-8-18(23-22-17)21-19(24)16-4-3-11-27-16/h3-8,11-12H,9-10H2,1-2H3,(H,20,22)(H,21,23,24). The Bertz CT molecular complexity index is 882. The van der Waals surface area contributed by atoms with E-state index in [2.05, 4.69) is 20.8 Å². The number of thiophene rings is 1. The Morgan fingerprint density at radius 3 is 2.48 bits per heavy atom. The van der Waals surface area contributed by atoms with Gasteiger partial charge >= 0.3 is 0 Å². The first-order chi connectivity index (χ1) is 13.2. The van der Waals surface area contributed by atoms with Gasteiger partial charge in [0, 0.05) is 6.54 Å². The largest absolute Gasteiger partial charge is 0.493 e. The molecule has 0 bridgehead atoms. The number of hydrogen-bond acceptors (Lipinski definition) is 7. The lowest BCUT2D eigenvalue weighted by Crippen LogP contribution is -2.13. The number of ether oxygens (including phenoxy) is 2. The third kappa shape index (κ3) is 4.95. The van der Waals surface area contributed by atoms with Crippen LogP contribution in [0.25, 0.3) is 0 Å². The molecule has 0 aliphatic heterocycles. The lowest BCUT2D eigenvalue weighted by molar-refractivity contribution is 0.103. The number of methoxy groups -OCH3 is 2. The Labute approximate surface area is 161 Å². The number of nitrogens with zero attached hydrogens (tertiary/aromatic N) is 2. The van der Waals surface area contributed by atoms with Crippen molar-refractivity contribution in [3.05, 3.63) is 58.3 Å². The van der Waals surface area contributed by atoms with Gasteiger partial charge in [-0.15, -0.1) is 21.5 Å². The highest BCUT2D eigenvalue weighted by molar-refractivity contribution is 7.12. The van der Waals surface area contributed by atoms with E-state index in [0.29, 0.717) is 34.6 Å². The highest BCUT2D eigenvalue weighted by atomic mass is 32.1. The molecule has 0 spiro atoms. The summed E-state index contributed by atoms with van der Waals surface area (Å²) in [7, 11) is 3.23. The van der Waals surface area contributed by atoms with Gasteiger partial charge in [-0.2, -0.15) is 0 Å². The molecule has 3 rings (SSSR count). The number of amides is 1. The molecular weight excluding hydrogens is 364 g/mol. The van der Waals surface area contributed by atoms with Crippen molar-refractivity contribution in [3.8, 4) is 11.5 Å². The van der Waals surface area contributed by atoms with E-state index in [-0.39, 0.29) is 5.91 Å². The number of carbonyl (C=O) groups is 1. The van der Waals surface area contributed by atoms with Crippen LogP contribution in [-0.4, -0.2) is 36.9 Å². The van der Waals surface area contributed by atoms with Crippen molar-refractivity contribution in [3.63, 3.8) is 0 Å². The second-order valence-corrected chi connectivity index (χ2v) is 6.55. The lowest BCUT2D eigenvalue weighted by atomic mass is 10.1. The molecule has 0 saturated carbocycles. The molecule has 0 fully saturated rings. The Hall–Kier alpha value is -3.13. The van der Waals surface area contributed by atoms with Crippen LogP contribution in [0.2, 0.25) is 0 Å².